The Morgan fingerprint density at radius 1 is 0.892 bits per heavy atom. The maximum atomic E-state index is 13.8. The van der Waals surface area contributed by atoms with Crippen LogP contribution < -0.4 is 20.4 Å². The average molecular weight is 500 g/mol. The van der Waals surface area contributed by atoms with E-state index < -0.39 is 0 Å². The molecule has 0 saturated carbocycles. The van der Waals surface area contributed by atoms with Gasteiger partial charge in [0.2, 0.25) is 17.8 Å². The van der Waals surface area contributed by atoms with E-state index in [1.54, 1.807) is 24.4 Å². The number of nitrogens with one attached hydrogen (secondary N) is 2. The Morgan fingerprint density at radius 2 is 1.62 bits per heavy atom. The third kappa shape index (κ3) is 6.77. The Kier molecular flexibility index (Phi) is 7.77. The summed E-state index contributed by atoms with van der Waals surface area (Å²) >= 11 is 0. The molecule has 4 aromatic rings. The summed E-state index contributed by atoms with van der Waals surface area (Å²) in [5, 5.41) is 7.51. The van der Waals surface area contributed by atoms with Gasteiger partial charge in [0.1, 0.15) is 18.2 Å². The molecule has 1 fully saturated rings. The maximum absolute atomic E-state index is 13.8. The minimum absolute atomic E-state index is 0.159. The Labute approximate surface area is 214 Å². The molecule has 0 amide bonds. The van der Waals surface area contributed by atoms with Crippen LogP contribution in [0.15, 0.2) is 84.0 Å². The van der Waals surface area contributed by atoms with Gasteiger partial charge in [-0.25, -0.2) is 9.82 Å². The van der Waals surface area contributed by atoms with E-state index in [0.29, 0.717) is 55.5 Å². The topological polar surface area (TPSA) is 96.8 Å². The summed E-state index contributed by atoms with van der Waals surface area (Å²) in [7, 11) is 0. The number of ether oxygens (including phenoxy) is 2. The molecule has 9 nitrogen and oxygen atoms in total. The summed E-state index contributed by atoms with van der Waals surface area (Å²) < 4.78 is 24.9. The highest BCUT2D eigenvalue weighted by Crippen LogP contribution is 2.19. The first-order valence-corrected chi connectivity index (χ1v) is 11.9. The molecule has 3 aromatic carbocycles. The van der Waals surface area contributed by atoms with E-state index in [0.717, 1.165) is 11.3 Å². The fraction of sp³-hybridized carbons (Fsp3) is 0.185. The molecule has 5 rings (SSSR count). The van der Waals surface area contributed by atoms with Crippen molar-refractivity contribution in [3.05, 3.63) is 95.8 Å². The number of para-hydroxylation sites is 1. The van der Waals surface area contributed by atoms with Gasteiger partial charge in [0, 0.05) is 24.3 Å². The molecule has 2 N–H and O–H groups in total. The molecule has 2 heterocycles. The molecular formula is C27H26FN7O2. The predicted molar refractivity (Wildman–Crippen MR) is 141 cm³/mol. The second-order valence-electron chi connectivity index (χ2n) is 8.19. The van der Waals surface area contributed by atoms with Crippen LogP contribution in [0.25, 0.3) is 0 Å². The summed E-state index contributed by atoms with van der Waals surface area (Å²) in [5.74, 6) is 1.63. The van der Waals surface area contributed by atoms with E-state index in [4.69, 9.17) is 9.47 Å². The molecule has 1 aliphatic rings. The molecule has 188 valence electrons. The predicted octanol–water partition coefficient (Wildman–Crippen LogP) is 4.62. The normalized spacial score (nSPS) is 13.5. The number of benzene rings is 3. The highest BCUT2D eigenvalue weighted by Gasteiger charge is 2.16. The Morgan fingerprint density at radius 3 is 2.41 bits per heavy atom. The zero-order chi connectivity index (χ0) is 25.3. The fourth-order valence-corrected chi connectivity index (χ4v) is 3.62. The summed E-state index contributed by atoms with van der Waals surface area (Å²) in [5.41, 5.74) is 5.12. The second kappa shape index (κ2) is 11.9. The quantitative estimate of drug-likeness (QED) is 0.255. The summed E-state index contributed by atoms with van der Waals surface area (Å²) in [6, 6.07) is 23.6. The van der Waals surface area contributed by atoms with Gasteiger partial charge in [-0.15, -0.1) is 0 Å². The van der Waals surface area contributed by atoms with Crippen LogP contribution in [-0.4, -0.2) is 47.5 Å². The van der Waals surface area contributed by atoms with E-state index in [2.05, 4.69) is 35.7 Å². The van der Waals surface area contributed by atoms with Crippen LogP contribution in [0.4, 0.5) is 27.9 Å². The van der Waals surface area contributed by atoms with Gasteiger partial charge in [-0.3, -0.25) is 0 Å². The number of morpholine rings is 1. The zero-order valence-electron chi connectivity index (χ0n) is 20.0. The number of halogens is 1. The van der Waals surface area contributed by atoms with E-state index in [9.17, 15) is 4.39 Å². The van der Waals surface area contributed by atoms with Gasteiger partial charge in [-0.1, -0.05) is 36.4 Å². The highest BCUT2D eigenvalue weighted by molar-refractivity contribution is 5.80. The summed E-state index contributed by atoms with van der Waals surface area (Å²) in [6.45, 7) is 2.79. The van der Waals surface area contributed by atoms with E-state index in [1.807, 2.05) is 54.6 Å². The van der Waals surface area contributed by atoms with Crippen molar-refractivity contribution in [1.29, 1.82) is 0 Å². The lowest BCUT2D eigenvalue weighted by Gasteiger charge is -2.27. The third-order valence-electron chi connectivity index (χ3n) is 5.56. The van der Waals surface area contributed by atoms with Crippen LogP contribution in [0.2, 0.25) is 0 Å². The Balaban J connectivity index is 1.25. The Bertz CT molecular complexity index is 1330. The number of nitrogens with zero attached hydrogens (tertiary/aromatic N) is 5. The van der Waals surface area contributed by atoms with E-state index in [-0.39, 0.29) is 12.4 Å². The average Bonchev–Trinajstić information content (AvgIpc) is 2.94. The Hall–Kier alpha value is -4.57. The minimum Gasteiger partial charge on any atom is -0.489 e. The number of rotatable bonds is 9. The lowest BCUT2D eigenvalue weighted by molar-refractivity contribution is 0.122. The van der Waals surface area contributed by atoms with Crippen LogP contribution in [0.3, 0.4) is 0 Å². The van der Waals surface area contributed by atoms with E-state index >= 15 is 0 Å². The SMILES string of the molecule is Fc1ccccc1COc1ccc(/C=N\Nc2nc(Nc3ccccc3)nc(N3CCOCC3)n2)cc1. The van der Waals surface area contributed by atoms with Crippen molar-refractivity contribution < 1.29 is 13.9 Å². The monoisotopic (exact) mass is 499 g/mol. The van der Waals surface area contributed by atoms with Crippen molar-refractivity contribution in [3.8, 4) is 5.75 Å². The first-order valence-electron chi connectivity index (χ1n) is 11.9. The molecule has 0 bridgehead atoms. The zero-order valence-corrected chi connectivity index (χ0v) is 20.0. The lowest BCUT2D eigenvalue weighted by Crippen LogP contribution is -2.37. The van der Waals surface area contributed by atoms with Gasteiger partial charge in [0.15, 0.2) is 0 Å². The van der Waals surface area contributed by atoms with Crippen molar-refractivity contribution in [2.45, 2.75) is 6.61 Å². The number of anilines is 4. The fourth-order valence-electron chi connectivity index (χ4n) is 3.62. The molecule has 0 aliphatic carbocycles. The lowest BCUT2D eigenvalue weighted by atomic mass is 10.2. The molecule has 1 aromatic heterocycles. The van der Waals surface area contributed by atoms with Crippen molar-refractivity contribution >= 4 is 29.7 Å². The van der Waals surface area contributed by atoms with Gasteiger partial charge < -0.3 is 19.7 Å². The molecule has 1 saturated heterocycles. The van der Waals surface area contributed by atoms with Crippen LogP contribution >= 0.6 is 0 Å². The number of hydrogen-bond donors (Lipinski definition) is 2. The molecule has 10 heteroatoms. The molecule has 0 atom stereocenters. The molecule has 0 spiro atoms. The maximum Gasteiger partial charge on any atom is 0.250 e. The largest absolute Gasteiger partial charge is 0.489 e. The van der Waals surface area contributed by atoms with Crippen LogP contribution in [-0.2, 0) is 11.3 Å². The molecule has 0 unspecified atom stereocenters. The van der Waals surface area contributed by atoms with Gasteiger partial charge >= 0.3 is 0 Å². The van der Waals surface area contributed by atoms with Crippen LogP contribution in [0.5, 0.6) is 5.75 Å². The third-order valence-corrected chi connectivity index (χ3v) is 5.56. The van der Waals surface area contributed by atoms with Crippen molar-refractivity contribution in [3.63, 3.8) is 0 Å². The number of hydrogen-bond acceptors (Lipinski definition) is 9. The molecule has 37 heavy (non-hydrogen) atoms. The van der Waals surface area contributed by atoms with Gasteiger partial charge in [0.25, 0.3) is 0 Å². The van der Waals surface area contributed by atoms with E-state index in [1.165, 1.54) is 6.07 Å². The van der Waals surface area contributed by atoms with Gasteiger partial charge in [-0.2, -0.15) is 20.1 Å². The smallest absolute Gasteiger partial charge is 0.250 e. The molecule has 1 aliphatic heterocycles. The summed E-state index contributed by atoms with van der Waals surface area (Å²) in [4.78, 5) is 15.6. The molecular weight excluding hydrogens is 473 g/mol. The van der Waals surface area contributed by atoms with Gasteiger partial charge in [-0.05, 0) is 48.0 Å². The van der Waals surface area contributed by atoms with Crippen molar-refractivity contribution in [2.75, 3.05) is 41.9 Å². The number of hydrazone groups is 1. The first-order chi connectivity index (χ1) is 18.2. The first kappa shape index (κ1) is 24.1. The molecule has 0 radical (unpaired) electrons. The summed E-state index contributed by atoms with van der Waals surface area (Å²) in [6.07, 6.45) is 1.66. The second-order valence-corrected chi connectivity index (χ2v) is 8.19. The number of aromatic nitrogens is 3. The highest BCUT2D eigenvalue weighted by atomic mass is 19.1. The van der Waals surface area contributed by atoms with Crippen molar-refractivity contribution in [1.82, 2.24) is 15.0 Å². The minimum atomic E-state index is -0.283. The van der Waals surface area contributed by atoms with Crippen molar-refractivity contribution in [2.24, 2.45) is 5.10 Å². The van der Waals surface area contributed by atoms with Crippen LogP contribution in [0, 0.1) is 5.82 Å². The standard InChI is InChI=1S/C27H26FN7O2/c28-24-9-5-4-6-21(24)19-37-23-12-10-20(11-13-23)18-29-34-26-31-25(30-22-7-2-1-3-8-22)32-27(33-26)35-14-16-36-17-15-35/h1-13,18H,14-17,19H2,(H2,30,31,32,33,34)/b29-18-. The van der Waals surface area contributed by atoms with Gasteiger partial charge in [0.05, 0.1) is 19.4 Å². The van der Waals surface area contributed by atoms with Crippen LogP contribution in [0.1, 0.15) is 11.1 Å².